The van der Waals surface area contributed by atoms with E-state index in [1.165, 1.54) is 11.6 Å². The maximum atomic E-state index is 13.5. The standard InChI is InChI=1S/C13H13BrFNS/c1-16-12(7-9-5-6-17-8-9)10-3-2-4-11(15)13(10)14/h2-6,8,12,16H,7H2,1H3. The van der Waals surface area contributed by atoms with Gasteiger partial charge in [0, 0.05) is 6.04 Å². The van der Waals surface area contributed by atoms with E-state index >= 15 is 0 Å². The van der Waals surface area contributed by atoms with E-state index in [0.717, 1.165) is 12.0 Å². The minimum absolute atomic E-state index is 0.120. The van der Waals surface area contributed by atoms with Crippen molar-refractivity contribution in [2.45, 2.75) is 12.5 Å². The van der Waals surface area contributed by atoms with Gasteiger partial charge in [-0.2, -0.15) is 11.3 Å². The normalized spacial score (nSPS) is 12.6. The van der Waals surface area contributed by atoms with Gasteiger partial charge in [-0.25, -0.2) is 4.39 Å². The quantitative estimate of drug-likeness (QED) is 0.894. The van der Waals surface area contributed by atoms with E-state index in [9.17, 15) is 4.39 Å². The van der Waals surface area contributed by atoms with Crippen molar-refractivity contribution in [2.75, 3.05) is 7.05 Å². The zero-order chi connectivity index (χ0) is 12.3. The Kier molecular flexibility index (Phi) is 4.31. The molecule has 0 radical (unpaired) electrons. The molecule has 0 aliphatic carbocycles. The van der Waals surface area contributed by atoms with E-state index in [4.69, 9.17) is 0 Å². The van der Waals surface area contributed by atoms with Crippen molar-refractivity contribution in [2.24, 2.45) is 0 Å². The van der Waals surface area contributed by atoms with Crippen LogP contribution in [0.3, 0.4) is 0 Å². The average Bonchev–Trinajstić information content (AvgIpc) is 2.83. The lowest BCUT2D eigenvalue weighted by Crippen LogP contribution is -2.19. The molecule has 17 heavy (non-hydrogen) atoms. The Labute approximate surface area is 113 Å². The van der Waals surface area contributed by atoms with Crippen LogP contribution in [0.15, 0.2) is 39.5 Å². The zero-order valence-electron chi connectivity index (χ0n) is 9.41. The fourth-order valence-corrected chi connectivity index (χ4v) is 3.02. The Hall–Kier alpha value is -0.710. The molecule has 0 saturated carbocycles. The summed E-state index contributed by atoms with van der Waals surface area (Å²) in [7, 11) is 1.90. The summed E-state index contributed by atoms with van der Waals surface area (Å²) in [5.41, 5.74) is 2.23. The molecule has 1 atom stereocenters. The minimum atomic E-state index is -0.215. The van der Waals surface area contributed by atoms with Crippen molar-refractivity contribution in [1.29, 1.82) is 0 Å². The van der Waals surface area contributed by atoms with E-state index in [2.05, 4.69) is 38.1 Å². The van der Waals surface area contributed by atoms with Crippen molar-refractivity contribution in [1.82, 2.24) is 5.32 Å². The molecule has 90 valence electrons. The lowest BCUT2D eigenvalue weighted by molar-refractivity contribution is 0.572. The van der Waals surface area contributed by atoms with E-state index in [1.54, 1.807) is 17.4 Å². The van der Waals surface area contributed by atoms with Crippen molar-refractivity contribution < 1.29 is 4.39 Å². The van der Waals surface area contributed by atoms with Gasteiger partial charge in [0.05, 0.1) is 4.47 Å². The molecule has 0 spiro atoms. The topological polar surface area (TPSA) is 12.0 Å². The predicted octanol–water partition coefficient (Wildman–Crippen LogP) is 4.15. The number of nitrogens with one attached hydrogen (secondary N) is 1. The van der Waals surface area contributed by atoms with Crippen molar-refractivity contribution in [3.63, 3.8) is 0 Å². The smallest absolute Gasteiger partial charge is 0.137 e. The summed E-state index contributed by atoms with van der Waals surface area (Å²) >= 11 is 4.99. The van der Waals surface area contributed by atoms with Gasteiger partial charge in [-0.05, 0) is 63.4 Å². The molecule has 0 aliphatic rings. The van der Waals surface area contributed by atoms with Gasteiger partial charge in [0.1, 0.15) is 5.82 Å². The summed E-state index contributed by atoms with van der Waals surface area (Å²) in [5.74, 6) is -0.215. The lowest BCUT2D eigenvalue weighted by atomic mass is 10.0. The van der Waals surface area contributed by atoms with E-state index in [1.807, 2.05) is 13.1 Å². The highest BCUT2D eigenvalue weighted by Gasteiger charge is 2.15. The number of thiophene rings is 1. The summed E-state index contributed by atoms with van der Waals surface area (Å²) in [6.45, 7) is 0. The van der Waals surface area contributed by atoms with Crippen molar-refractivity contribution in [3.8, 4) is 0 Å². The van der Waals surface area contributed by atoms with Crippen LogP contribution < -0.4 is 5.32 Å². The lowest BCUT2D eigenvalue weighted by Gasteiger charge is -2.17. The van der Waals surface area contributed by atoms with E-state index in [0.29, 0.717) is 4.47 Å². The van der Waals surface area contributed by atoms with Gasteiger partial charge in [-0.1, -0.05) is 12.1 Å². The first kappa shape index (κ1) is 12.7. The van der Waals surface area contributed by atoms with Crippen LogP contribution in [0.2, 0.25) is 0 Å². The molecule has 0 saturated heterocycles. The van der Waals surface area contributed by atoms with Crippen molar-refractivity contribution >= 4 is 27.3 Å². The Balaban J connectivity index is 2.26. The summed E-state index contributed by atoms with van der Waals surface area (Å²) < 4.78 is 14.0. The Morgan fingerprint density at radius 1 is 1.41 bits per heavy atom. The zero-order valence-corrected chi connectivity index (χ0v) is 11.8. The largest absolute Gasteiger partial charge is 0.313 e. The van der Waals surface area contributed by atoms with Crippen LogP contribution in [0.1, 0.15) is 17.2 Å². The minimum Gasteiger partial charge on any atom is -0.313 e. The van der Waals surface area contributed by atoms with Gasteiger partial charge >= 0.3 is 0 Å². The summed E-state index contributed by atoms with van der Waals surface area (Å²) in [6, 6.07) is 7.37. The fraction of sp³-hybridized carbons (Fsp3) is 0.231. The third-order valence-corrected chi connectivity index (χ3v) is 4.29. The van der Waals surface area contributed by atoms with Gasteiger partial charge in [-0.3, -0.25) is 0 Å². The highest BCUT2D eigenvalue weighted by atomic mass is 79.9. The van der Waals surface area contributed by atoms with Crippen LogP contribution in [-0.4, -0.2) is 7.05 Å². The number of hydrogen-bond acceptors (Lipinski definition) is 2. The van der Waals surface area contributed by atoms with Gasteiger partial charge in [-0.15, -0.1) is 0 Å². The molecule has 1 N–H and O–H groups in total. The molecule has 4 heteroatoms. The highest BCUT2D eigenvalue weighted by Crippen LogP contribution is 2.28. The van der Waals surface area contributed by atoms with Crippen molar-refractivity contribution in [3.05, 3.63) is 56.4 Å². The number of halogens is 2. The number of hydrogen-bond donors (Lipinski definition) is 1. The number of likely N-dealkylation sites (N-methyl/N-ethyl adjacent to an activating group) is 1. The molecule has 1 aromatic carbocycles. The second-order valence-electron chi connectivity index (χ2n) is 3.82. The van der Waals surface area contributed by atoms with Crippen LogP contribution in [-0.2, 0) is 6.42 Å². The molecule has 0 aliphatic heterocycles. The Morgan fingerprint density at radius 3 is 2.88 bits per heavy atom. The number of benzene rings is 1. The molecule has 1 aromatic heterocycles. The molecule has 0 bridgehead atoms. The second-order valence-corrected chi connectivity index (χ2v) is 5.39. The van der Waals surface area contributed by atoms with Crippen LogP contribution in [0.5, 0.6) is 0 Å². The Bertz CT molecular complexity index is 484. The monoisotopic (exact) mass is 313 g/mol. The molecule has 0 amide bonds. The van der Waals surface area contributed by atoms with Gasteiger partial charge < -0.3 is 5.32 Å². The van der Waals surface area contributed by atoms with Crippen LogP contribution in [0.25, 0.3) is 0 Å². The maximum Gasteiger partial charge on any atom is 0.137 e. The van der Waals surface area contributed by atoms with Gasteiger partial charge in [0.2, 0.25) is 0 Å². The third-order valence-electron chi connectivity index (χ3n) is 2.73. The third kappa shape index (κ3) is 2.94. The molecule has 1 heterocycles. The van der Waals surface area contributed by atoms with E-state index < -0.39 is 0 Å². The van der Waals surface area contributed by atoms with Crippen LogP contribution >= 0.6 is 27.3 Å². The van der Waals surface area contributed by atoms with E-state index in [-0.39, 0.29) is 11.9 Å². The first-order chi connectivity index (χ1) is 8.22. The van der Waals surface area contributed by atoms with Crippen LogP contribution in [0, 0.1) is 5.82 Å². The first-order valence-electron chi connectivity index (χ1n) is 5.34. The Morgan fingerprint density at radius 2 is 2.24 bits per heavy atom. The molecule has 1 unspecified atom stereocenters. The number of rotatable bonds is 4. The molecular formula is C13H13BrFNS. The highest BCUT2D eigenvalue weighted by molar-refractivity contribution is 9.10. The first-order valence-corrected chi connectivity index (χ1v) is 7.08. The SMILES string of the molecule is CNC(Cc1ccsc1)c1cccc(F)c1Br. The predicted molar refractivity (Wildman–Crippen MR) is 73.9 cm³/mol. The molecule has 2 aromatic rings. The second kappa shape index (κ2) is 5.76. The fourth-order valence-electron chi connectivity index (χ4n) is 1.80. The maximum absolute atomic E-state index is 13.5. The average molecular weight is 314 g/mol. The molecule has 2 rings (SSSR count). The van der Waals surface area contributed by atoms with Gasteiger partial charge in [0.15, 0.2) is 0 Å². The molecular weight excluding hydrogens is 301 g/mol. The molecule has 0 fully saturated rings. The molecule has 1 nitrogen and oxygen atoms in total. The van der Waals surface area contributed by atoms with Gasteiger partial charge in [0.25, 0.3) is 0 Å². The summed E-state index contributed by atoms with van der Waals surface area (Å²) in [4.78, 5) is 0. The van der Waals surface area contributed by atoms with Crippen LogP contribution in [0.4, 0.5) is 4.39 Å². The summed E-state index contributed by atoms with van der Waals surface area (Å²) in [6.07, 6.45) is 0.863. The summed E-state index contributed by atoms with van der Waals surface area (Å²) in [5, 5.41) is 7.41.